The Morgan fingerprint density at radius 1 is 1.21 bits per heavy atom. The van der Waals surface area contributed by atoms with Crippen molar-refractivity contribution in [2.24, 2.45) is 0 Å². The molecule has 0 fully saturated rings. The summed E-state index contributed by atoms with van der Waals surface area (Å²) in [6.07, 6.45) is 1.15. The van der Waals surface area contributed by atoms with Gasteiger partial charge in [-0.2, -0.15) is 5.10 Å². The Morgan fingerprint density at radius 2 is 1.83 bits per heavy atom. The van der Waals surface area contributed by atoms with Gasteiger partial charge in [-0.3, -0.25) is 4.79 Å². The second-order valence-corrected chi connectivity index (χ2v) is 6.07. The van der Waals surface area contributed by atoms with Crippen LogP contribution in [0.5, 0.6) is 0 Å². The standard InChI is InChI=1S/C18H25N5O/c1-7-11(2)10-19-17(24)9-16-14(5)22-23(15(16)6)18-20-12(3)8-13(4)21-18/h8H,2,7,9-10H2,1,3-6H3,(H,19,24). The number of nitrogens with one attached hydrogen (secondary N) is 1. The molecule has 0 atom stereocenters. The van der Waals surface area contributed by atoms with E-state index in [2.05, 4.69) is 27.0 Å². The van der Waals surface area contributed by atoms with E-state index >= 15 is 0 Å². The van der Waals surface area contributed by atoms with Crippen LogP contribution in [0.1, 0.15) is 41.7 Å². The number of aryl methyl sites for hydroxylation is 3. The lowest BCUT2D eigenvalue weighted by atomic mass is 10.1. The van der Waals surface area contributed by atoms with Crippen LogP contribution >= 0.6 is 0 Å². The van der Waals surface area contributed by atoms with Crippen molar-refractivity contribution in [3.63, 3.8) is 0 Å². The van der Waals surface area contributed by atoms with Crippen molar-refractivity contribution >= 4 is 5.91 Å². The molecule has 0 saturated carbocycles. The summed E-state index contributed by atoms with van der Waals surface area (Å²) in [5, 5.41) is 7.42. The predicted molar refractivity (Wildman–Crippen MR) is 94.2 cm³/mol. The molecule has 0 saturated heterocycles. The van der Waals surface area contributed by atoms with Crippen LogP contribution in [-0.4, -0.2) is 32.2 Å². The highest BCUT2D eigenvalue weighted by atomic mass is 16.1. The first kappa shape index (κ1) is 17.8. The maximum absolute atomic E-state index is 12.2. The number of carbonyl (C=O) groups excluding carboxylic acids is 1. The maximum atomic E-state index is 12.2. The molecule has 0 aliphatic heterocycles. The minimum absolute atomic E-state index is 0.0308. The van der Waals surface area contributed by atoms with Crippen LogP contribution in [0.15, 0.2) is 18.2 Å². The van der Waals surface area contributed by atoms with Crippen LogP contribution in [-0.2, 0) is 11.2 Å². The zero-order valence-electron chi connectivity index (χ0n) is 15.1. The molecule has 0 radical (unpaired) electrons. The zero-order chi connectivity index (χ0) is 17.9. The van der Waals surface area contributed by atoms with Crippen LogP contribution in [0.2, 0.25) is 0 Å². The van der Waals surface area contributed by atoms with Crippen molar-refractivity contribution in [1.82, 2.24) is 25.1 Å². The number of nitrogens with zero attached hydrogens (tertiary/aromatic N) is 4. The molecule has 0 aliphatic rings. The number of hydrogen-bond acceptors (Lipinski definition) is 4. The molecule has 0 aromatic carbocycles. The number of aromatic nitrogens is 4. The Hall–Kier alpha value is -2.50. The second-order valence-electron chi connectivity index (χ2n) is 6.07. The number of amides is 1. The van der Waals surface area contributed by atoms with Crippen LogP contribution in [0.25, 0.3) is 5.95 Å². The van der Waals surface area contributed by atoms with E-state index < -0.39 is 0 Å². The highest BCUT2D eigenvalue weighted by Gasteiger charge is 2.17. The fraction of sp³-hybridized carbons (Fsp3) is 0.444. The molecule has 2 rings (SSSR count). The van der Waals surface area contributed by atoms with Crippen molar-refractivity contribution in [1.29, 1.82) is 0 Å². The topological polar surface area (TPSA) is 72.7 Å². The molecular formula is C18H25N5O. The molecular weight excluding hydrogens is 302 g/mol. The third-order valence-electron chi connectivity index (χ3n) is 3.97. The highest BCUT2D eigenvalue weighted by Crippen LogP contribution is 2.17. The van der Waals surface area contributed by atoms with Gasteiger partial charge < -0.3 is 5.32 Å². The second kappa shape index (κ2) is 7.38. The summed E-state index contributed by atoms with van der Waals surface area (Å²) in [7, 11) is 0. The summed E-state index contributed by atoms with van der Waals surface area (Å²) in [6.45, 7) is 14.1. The summed E-state index contributed by atoms with van der Waals surface area (Å²) in [6, 6.07) is 1.92. The highest BCUT2D eigenvalue weighted by molar-refractivity contribution is 5.79. The molecule has 6 heteroatoms. The third-order valence-corrected chi connectivity index (χ3v) is 3.97. The monoisotopic (exact) mass is 327 g/mol. The fourth-order valence-corrected chi connectivity index (χ4v) is 2.50. The number of hydrogen-bond donors (Lipinski definition) is 1. The van der Waals surface area contributed by atoms with Gasteiger partial charge in [-0.05, 0) is 40.2 Å². The van der Waals surface area contributed by atoms with Crippen LogP contribution < -0.4 is 5.32 Å². The van der Waals surface area contributed by atoms with E-state index in [9.17, 15) is 4.79 Å². The Balaban J connectivity index is 2.23. The maximum Gasteiger partial charge on any atom is 0.251 e. The lowest BCUT2D eigenvalue weighted by molar-refractivity contribution is -0.120. The molecule has 1 amide bonds. The molecule has 0 spiro atoms. The normalized spacial score (nSPS) is 10.7. The Labute approximate surface area is 143 Å². The first-order valence-corrected chi connectivity index (χ1v) is 8.13. The van der Waals surface area contributed by atoms with Crippen LogP contribution in [0, 0.1) is 27.7 Å². The van der Waals surface area contributed by atoms with Gasteiger partial charge in [-0.1, -0.05) is 19.1 Å². The van der Waals surface area contributed by atoms with Crippen molar-refractivity contribution in [3.8, 4) is 5.95 Å². The minimum Gasteiger partial charge on any atom is -0.352 e. The molecule has 0 aliphatic carbocycles. The van der Waals surface area contributed by atoms with Crippen molar-refractivity contribution in [3.05, 3.63) is 46.6 Å². The molecule has 0 unspecified atom stereocenters. The molecule has 2 aromatic rings. The van der Waals surface area contributed by atoms with Gasteiger partial charge in [0.05, 0.1) is 12.1 Å². The molecule has 6 nitrogen and oxygen atoms in total. The minimum atomic E-state index is -0.0308. The van der Waals surface area contributed by atoms with E-state index in [1.807, 2.05) is 40.7 Å². The van der Waals surface area contributed by atoms with E-state index in [0.717, 1.165) is 40.3 Å². The summed E-state index contributed by atoms with van der Waals surface area (Å²) >= 11 is 0. The third kappa shape index (κ3) is 4.07. The van der Waals surface area contributed by atoms with Crippen molar-refractivity contribution in [2.75, 3.05) is 6.54 Å². The summed E-state index contributed by atoms with van der Waals surface area (Å²) in [5.74, 6) is 0.510. The molecule has 128 valence electrons. The summed E-state index contributed by atoms with van der Waals surface area (Å²) in [5.41, 5.74) is 5.42. The first-order valence-electron chi connectivity index (χ1n) is 8.13. The molecule has 0 bridgehead atoms. The fourth-order valence-electron chi connectivity index (χ4n) is 2.50. The Kier molecular flexibility index (Phi) is 5.49. The average molecular weight is 327 g/mol. The lowest BCUT2D eigenvalue weighted by Crippen LogP contribution is -2.27. The van der Waals surface area contributed by atoms with E-state index in [4.69, 9.17) is 0 Å². The first-order chi connectivity index (χ1) is 11.3. The van der Waals surface area contributed by atoms with Crippen LogP contribution in [0.3, 0.4) is 0 Å². The zero-order valence-corrected chi connectivity index (χ0v) is 15.1. The molecule has 24 heavy (non-hydrogen) atoms. The van der Waals surface area contributed by atoms with Gasteiger partial charge >= 0.3 is 0 Å². The van der Waals surface area contributed by atoms with Gasteiger partial charge in [0, 0.05) is 29.2 Å². The smallest absolute Gasteiger partial charge is 0.251 e. The predicted octanol–water partition coefficient (Wildman–Crippen LogP) is 2.52. The SMILES string of the molecule is C=C(CC)CNC(=O)Cc1c(C)nn(-c2nc(C)cc(C)n2)c1C. The van der Waals surface area contributed by atoms with Crippen LogP contribution in [0.4, 0.5) is 0 Å². The van der Waals surface area contributed by atoms with Gasteiger partial charge in [-0.15, -0.1) is 0 Å². The van der Waals surface area contributed by atoms with Gasteiger partial charge in [0.2, 0.25) is 5.91 Å². The van der Waals surface area contributed by atoms with Gasteiger partial charge in [0.15, 0.2) is 0 Å². The summed E-state index contributed by atoms with van der Waals surface area (Å²) in [4.78, 5) is 21.1. The number of carbonyl (C=O) groups is 1. The largest absolute Gasteiger partial charge is 0.352 e. The quantitative estimate of drug-likeness (QED) is 0.828. The lowest BCUT2D eigenvalue weighted by Gasteiger charge is -2.07. The Bertz CT molecular complexity index is 756. The van der Waals surface area contributed by atoms with E-state index in [-0.39, 0.29) is 5.91 Å². The van der Waals surface area contributed by atoms with E-state index in [0.29, 0.717) is 18.9 Å². The van der Waals surface area contributed by atoms with Gasteiger partial charge in [-0.25, -0.2) is 14.6 Å². The van der Waals surface area contributed by atoms with E-state index in [1.54, 1.807) is 4.68 Å². The van der Waals surface area contributed by atoms with Crippen molar-refractivity contribution in [2.45, 2.75) is 47.5 Å². The molecule has 2 aromatic heterocycles. The van der Waals surface area contributed by atoms with Crippen molar-refractivity contribution < 1.29 is 4.79 Å². The Morgan fingerprint density at radius 3 is 2.42 bits per heavy atom. The molecule has 1 N–H and O–H groups in total. The summed E-state index contributed by atoms with van der Waals surface area (Å²) < 4.78 is 1.71. The molecule has 2 heterocycles. The van der Waals surface area contributed by atoms with E-state index in [1.165, 1.54) is 0 Å². The van der Waals surface area contributed by atoms with Gasteiger partial charge in [0.1, 0.15) is 0 Å². The number of rotatable bonds is 6. The van der Waals surface area contributed by atoms with Gasteiger partial charge in [0.25, 0.3) is 5.95 Å². The average Bonchev–Trinajstić information content (AvgIpc) is 2.79.